The van der Waals surface area contributed by atoms with Gasteiger partial charge >= 0.3 is 0 Å². The molecule has 0 aliphatic rings. The Morgan fingerprint density at radius 3 is 1.76 bits per heavy atom. The van der Waals surface area contributed by atoms with Crippen molar-refractivity contribution >= 4 is 33.2 Å². The molecule has 3 aromatic rings. The van der Waals surface area contributed by atoms with Gasteiger partial charge in [0.25, 0.3) is 15.9 Å². The first kappa shape index (κ1) is 25.0. The minimum absolute atomic E-state index is 0.144. The molecule has 1 atom stereocenters. The molecule has 34 heavy (non-hydrogen) atoms. The average molecular weight is 480 g/mol. The van der Waals surface area contributed by atoms with E-state index in [0.29, 0.717) is 16.9 Å². The monoisotopic (exact) mass is 479 g/mol. The minimum atomic E-state index is -3.72. The molecule has 0 aliphatic carbocycles. The van der Waals surface area contributed by atoms with Crippen molar-refractivity contribution in [3.8, 4) is 0 Å². The Labute approximate surface area is 200 Å². The summed E-state index contributed by atoms with van der Waals surface area (Å²) in [6.07, 6.45) is 0. The summed E-state index contributed by atoms with van der Waals surface area (Å²) in [5, 5.41) is 5.58. The summed E-state index contributed by atoms with van der Waals surface area (Å²) in [5.74, 6) is -0.826. The number of carbonyl (C=O) groups excluding carboxylic acids is 2. The Kier molecular flexibility index (Phi) is 7.73. The van der Waals surface area contributed by atoms with E-state index in [9.17, 15) is 18.0 Å². The van der Waals surface area contributed by atoms with Gasteiger partial charge < -0.3 is 10.6 Å². The SMILES string of the molecule is Cc1ccc(C(=O)N[C@H](C(=O)Nc2ccc(NS(=O)(=O)c3ccc(C)cc3)cc2)C(C)C)cc1. The van der Waals surface area contributed by atoms with E-state index in [2.05, 4.69) is 15.4 Å². The third-order valence-corrected chi connectivity index (χ3v) is 6.68. The molecule has 7 nitrogen and oxygen atoms in total. The quantitative estimate of drug-likeness (QED) is 0.442. The molecule has 8 heteroatoms. The van der Waals surface area contributed by atoms with Crippen LogP contribution in [0.3, 0.4) is 0 Å². The first-order chi connectivity index (χ1) is 16.0. The van der Waals surface area contributed by atoms with E-state index in [1.807, 2.05) is 39.8 Å². The fraction of sp³-hybridized carbons (Fsp3) is 0.231. The minimum Gasteiger partial charge on any atom is -0.340 e. The third-order valence-electron chi connectivity index (χ3n) is 5.29. The topological polar surface area (TPSA) is 104 Å². The van der Waals surface area contributed by atoms with E-state index < -0.39 is 16.1 Å². The average Bonchev–Trinajstić information content (AvgIpc) is 2.79. The fourth-order valence-electron chi connectivity index (χ4n) is 3.24. The molecule has 0 bridgehead atoms. The Morgan fingerprint density at radius 2 is 1.24 bits per heavy atom. The van der Waals surface area contributed by atoms with Gasteiger partial charge in [0.1, 0.15) is 6.04 Å². The summed E-state index contributed by atoms with van der Waals surface area (Å²) < 4.78 is 27.6. The number of sulfonamides is 1. The standard InChI is InChI=1S/C26H29N3O4S/c1-17(2)24(28-25(30)20-9-5-18(3)6-10-20)26(31)27-21-11-13-22(14-12-21)29-34(32,33)23-15-7-19(4)8-16-23/h5-17,24,29H,1-4H3,(H,27,31)(H,28,30)/t24-/m0/s1. The van der Waals surface area contributed by atoms with Crippen LogP contribution < -0.4 is 15.4 Å². The van der Waals surface area contributed by atoms with Crippen molar-refractivity contribution in [2.45, 2.75) is 38.6 Å². The van der Waals surface area contributed by atoms with Crippen LogP contribution in [0, 0.1) is 19.8 Å². The van der Waals surface area contributed by atoms with Crippen molar-refractivity contribution in [3.63, 3.8) is 0 Å². The molecule has 0 aliphatic heterocycles. The molecule has 0 radical (unpaired) electrons. The van der Waals surface area contributed by atoms with E-state index >= 15 is 0 Å². The maximum absolute atomic E-state index is 12.9. The summed E-state index contributed by atoms with van der Waals surface area (Å²) in [5.41, 5.74) is 3.34. The molecule has 0 heterocycles. The molecule has 0 saturated heterocycles. The van der Waals surface area contributed by atoms with Crippen molar-refractivity contribution in [2.75, 3.05) is 10.0 Å². The number of benzene rings is 3. The molecule has 0 spiro atoms. The largest absolute Gasteiger partial charge is 0.340 e. The summed E-state index contributed by atoms with van der Waals surface area (Å²) in [6.45, 7) is 7.52. The second kappa shape index (κ2) is 10.5. The van der Waals surface area contributed by atoms with E-state index in [-0.39, 0.29) is 22.6 Å². The molecule has 0 saturated carbocycles. The number of rotatable bonds is 8. The van der Waals surface area contributed by atoms with Gasteiger partial charge in [-0.2, -0.15) is 0 Å². The number of aryl methyl sites for hydroxylation is 2. The number of hydrogen-bond acceptors (Lipinski definition) is 4. The normalized spacial score (nSPS) is 12.1. The van der Waals surface area contributed by atoms with E-state index in [1.165, 1.54) is 0 Å². The van der Waals surface area contributed by atoms with Crippen LogP contribution in [0.2, 0.25) is 0 Å². The number of amides is 2. The highest BCUT2D eigenvalue weighted by atomic mass is 32.2. The lowest BCUT2D eigenvalue weighted by Gasteiger charge is -2.22. The molecule has 0 aromatic heterocycles. The lowest BCUT2D eigenvalue weighted by molar-refractivity contribution is -0.118. The molecule has 178 valence electrons. The zero-order valence-corrected chi connectivity index (χ0v) is 20.4. The maximum Gasteiger partial charge on any atom is 0.261 e. The number of hydrogen-bond donors (Lipinski definition) is 3. The maximum atomic E-state index is 12.9. The summed E-state index contributed by atoms with van der Waals surface area (Å²) in [4.78, 5) is 25.6. The van der Waals surface area contributed by atoms with Gasteiger partial charge in [0.15, 0.2) is 0 Å². The Morgan fingerprint density at radius 1 is 0.735 bits per heavy atom. The van der Waals surface area contributed by atoms with Gasteiger partial charge in [-0.15, -0.1) is 0 Å². The second-order valence-corrected chi connectivity index (χ2v) is 10.2. The molecular weight excluding hydrogens is 450 g/mol. The summed E-state index contributed by atoms with van der Waals surface area (Å²) >= 11 is 0. The highest BCUT2D eigenvalue weighted by molar-refractivity contribution is 7.92. The summed E-state index contributed by atoms with van der Waals surface area (Å²) in [7, 11) is -3.72. The van der Waals surface area contributed by atoms with Gasteiger partial charge in [-0.25, -0.2) is 8.42 Å². The Bertz CT molecular complexity index is 1250. The predicted octanol–water partition coefficient (Wildman–Crippen LogP) is 4.50. The Hall–Kier alpha value is -3.65. The lowest BCUT2D eigenvalue weighted by Crippen LogP contribution is -2.47. The van der Waals surface area contributed by atoms with Crippen molar-refractivity contribution < 1.29 is 18.0 Å². The zero-order chi connectivity index (χ0) is 24.9. The highest BCUT2D eigenvalue weighted by Gasteiger charge is 2.25. The molecule has 2 amide bonds. The van der Waals surface area contributed by atoms with Gasteiger partial charge in [-0.1, -0.05) is 49.2 Å². The molecule has 0 fully saturated rings. The molecule has 3 aromatic carbocycles. The van der Waals surface area contributed by atoms with Crippen LogP contribution in [-0.4, -0.2) is 26.3 Å². The molecular formula is C26H29N3O4S. The summed E-state index contributed by atoms with van der Waals surface area (Å²) in [6, 6.07) is 19.3. The van der Waals surface area contributed by atoms with Crippen LogP contribution in [-0.2, 0) is 14.8 Å². The van der Waals surface area contributed by atoms with Crippen LogP contribution in [0.15, 0.2) is 77.7 Å². The first-order valence-corrected chi connectivity index (χ1v) is 12.4. The van der Waals surface area contributed by atoms with Gasteiger partial charge in [0.05, 0.1) is 4.90 Å². The van der Waals surface area contributed by atoms with E-state index in [4.69, 9.17) is 0 Å². The Balaban J connectivity index is 1.65. The fourth-order valence-corrected chi connectivity index (χ4v) is 4.30. The van der Waals surface area contributed by atoms with Gasteiger partial charge in [-0.05, 0) is 68.3 Å². The lowest BCUT2D eigenvalue weighted by atomic mass is 10.0. The van der Waals surface area contributed by atoms with Crippen molar-refractivity contribution in [1.82, 2.24) is 5.32 Å². The van der Waals surface area contributed by atoms with Crippen molar-refractivity contribution in [1.29, 1.82) is 0 Å². The third kappa shape index (κ3) is 6.45. The van der Waals surface area contributed by atoms with E-state index in [0.717, 1.165) is 11.1 Å². The zero-order valence-electron chi connectivity index (χ0n) is 19.6. The van der Waals surface area contributed by atoms with Crippen LogP contribution in [0.4, 0.5) is 11.4 Å². The van der Waals surface area contributed by atoms with E-state index in [1.54, 1.807) is 60.7 Å². The molecule has 3 N–H and O–H groups in total. The number of nitrogens with one attached hydrogen (secondary N) is 3. The van der Waals surface area contributed by atoms with Crippen LogP contribution in [0.1, 0.15) is 35.3 Å². The first-order valence-electron chi connectivity index (χ1n) is 10.9. The molecule has 3 rings (SSSR count). The van der Waals surface area contributed by atoms with Crippen LogP contribution in [0.5, 0.6) is 0 Å². The van der Waals surface area contributed by atoms with Crippen molar-refractivity contribution in [2.24, 2.45) is 5.92 Å². The van der Waals surface area contributed by atoms with Crippen molar-refractivity contribution in [3.05, 3.63) is 89.5 Å². The van der Waals surface area contributed by atoms with Crippen LogP contribution in [0.25, 0.3) is 0 Å². The number of carbonyl (C=O) groups is 2. The van der Waals surface area contributed by atoms with Gasteiger partial charge in [0, 0.05) is 16.9 Å². The van der Waals surface area contributed by atoms with Gasteiger partial charge in [0.2, 0.25) is 5.91 Å². The molecule has 0 unspecified atom stereocenters. The smallest absolute Gasteiger partial charge is 0.261 e. The highest BCUT2D eigenvalue weighted by Crippen LogP contribution is 2.19. The predicted molar refractivity (Wildman–Crippen MR) is 134 cm³/mol. The van der Waals surface area contributed by atoms with Gasteiger partial charge in [-0.3, -0.25) is 14.3 Å². The number of anilines is 2. The van der Waals surface area contributed by atoms with Crippen LogP contribution >= 0.6 is 0 Å². The second-order valence-electron chi connectivity index (χ2n) is 8.55.